The van der Waals surface area contributed by atoms with Crippen molar-refractivity contribution in [2.75, 3.05) is 49.1 Å². The van der Waals surface area contributed by atoms with Gasteiger partial charge in [-0.05, 0) is 36.2 Å². The Morgan fingerprint density at radius 1 is 1.05 bits per heavy atom. The van der Waals surface area contributed by atoms with Gasteiger partial charge in [0.05, 0.1) is 27.7 Å². The zero-order chi connectivity index (χ0) is 28.7. The molecule has 2 saturated heterocycles. The van der Waals surface area contributed by atoms with E-state index in [1.165, 1.54) is 6.20 Å². The number of rotatable bonds is 6. The van der Waals surface area contributed by atoms with E-state index < -0.39 is 22.8 Å². The van der Waals surface area contributed by atoms with E-state index >= 15 is 4.39 Å². The van der Waals surface area contributed by atoms with Gasteiger partial charge < -0.3 is 24.6 Å². The van der Waals surface area contributed by atoms with Crippen molar-refractivity contribution in [3.63, 3.8) is 0 Å². The second-order valence-electron chi connectivity index (χ2n) is 10.3. The predicted octanol–water partition coefficient (Wildman–Crippen LogP) is 3.16. The molecule has 0 saturated carbocycles. The van der Waals surface area contributed by atoms with Crippen LogP contribution in [0.1, 0.15) is 22.3 Å². The van der Waals surface area contributed by atoms with Crippen LogP contribution in [0.4, 0.5) is 16.0 Å². The number of halogens is 2. The molecule has 2 aromatic carbocycles. The van der Waals surface area contributed by atoms with Crippen LogP contribution < -0.4 is 15.2 Å². The van der Waals surface area contributed by atoms with Gasteiger partial charge >= 0.3 is 5.97 Å². The first-order valence-electron chi connectivity index (χ1n) is 13.4. The minimum absolute atomic E-state index is 0.0357. The molecule has 2 aromatic heterocycles. The van der Waals surface area contributed by atoms with E-state index in [4.69, 9.17) is 11.6 Å². The maximum atomic E-state index is 15.6. The van der Waals surface area contributed by atoms with Crippen LogP contribution in [0.5, 0.6) is 0 Å². The van der Waals surface area contributed by atoms with E-state index in [0.717, 1.165) is 24.6 Å². The summed E-state index contributed by atoms with van der Waals surface area (Å²) >= 11 is 6.89. The first kappa shape index (κ1) is 27.1. The Hall–Kier alpha value is -4.06. The third-order valence-corrected chi connectivity index (χ3v) is 8.04. The molecule has 1 atom stereocenters. The summed E-state index contributed by atoms with van der Waals surface area (Å²) in [6.07, 6.45) is 5.01. The highest BCUT2D eigenvalue weighted by molar-refractivity contribution is 6.38. The fourth-order valence-corrected chi connectivity index (χ4v) is 6.01. The fourth-order valence-electron chi connectivity index (χ4n) is 5.61. The number of pyridine rings is 1. The van der Waals surface area contributed by atoms with Crippen LogP contribution in [-0.2, 0) is 6.54 Å². The van der Waals surface area contributed by atoms with Gasteiger partial charge in [0, 0.05) is 70.1 Å². The molecule has 0 amide bonds. The van der Waals surface area contributed by atoms with Gasteiger partial charge in [-0.2, -0.15) is 0 Å². The number of fused-ring (bicyclic) bond motifs is 1. The van der Waals surface area contributed by atoms with Crippen molar-refractivity contribution in [3.8, 4) is 5.69 Å². The summed E-state index contributed by atoms with van der Waals surface area (Å²) in [6, 6.07) is 10.3. The second kappa shape index (κ2) is 11.1. The average Bonchev–Trinajstić information content (AvgIpc) is 3.39. The number of benzene rings is 2. The van der Waals surface area contributed by atoms with Gasteiger partial charge in [-0.15, -0.1) is 0 Å². The number of carboxylic acids is 1. The molecule has 0 radical (unpaired) electrons. The molecule has 4 heterocycles. The van der Waals surface area contributed by atoms with E-state index in [-0.39, 0.29) is 27.7 Å². The van der Waals surface area contributed by atoms with Crippen LogP contribution in [0.15, 0.2) is 59.8 Å². The zero-order valence-electron chi connectivity index (χ0n) is 22.1. The quantitative estimate of drug-likeness (QED) is 0.356. The average molecular weight is 579 g/mol. The van der Waals surface area contributed by atoms with Gasteiger partial charge in [0.2, 0.25) is 11.4 Å². The molecule has 0 unspecified atom stereocenters. The molecule has 0 bridgehead atoms. The fraction of sp³-hybridized carbons (Fsp3) is 0.310. The first-order valence-corrected chi connectivity index (χ1v) is 13.7. The molecule has 0 aliphatic carbocycles. The molecule has 10 nitrogen and oxygen atoms in total. The predicted molar refractivity (Wildman–Crippen MR) is 154 cm³/mol. The first-order chi connectivity index (χ1) is 19.8. The van der Waals surface area contributed by atoms with Crippen molar-refractivity contribution in [1.82, 2.24) is 19.4 Å². The lowest BCUT2D eigenvalue weighted by Crippen LogP contribution is -2.47. The van der Waals surface area contributed by atoms with E-state index in [2.05, 4.69) is 14.9 Å². The third kappa shape index (κ3) is 5.23. The summed E-state index contributed by atoms with van der Waals surface area (Å²) in [4.78, 5) is 39.7. The Morgan fingerprint density at radius 3 is 2.37 bits per heavy atom. The Bertz CT molecular complexity index is 1660. The smallest absolute Gasteiger partial charge is 0.341 e. The number of nitrogens with zero attached hydrogens (tertiary/aromatic N) is 6. The maximum absolute atomic E-state index is 15.6. The SMILES string of the molecule is O=C(O)c1cn(-c2ccc(CN3CC[C@H](O)C3)cc2)c2c(Cl)c(N3CCN(c4ncccn4)CC3)c(F)cc2c1=O. The minimum atomic E-state index is -1.41. The van der Waals surface area contributed by atoms with Crippen molar-refractivity contribution >= 4 is 40.1 Å². The van der Waals surface area contributed by atoms with Gasteiger partial charge in [0.15, 0.2) is 0 Å². The molecule has 2 aliphatic heterocycles. The highest BCUT2D eigenvalue weighted by Crippen LogP contribution is 2.37. The summed E-state index contributed by atoms with van der Waals surface area (Å²) in [5, 5.41) is 19.5. The molecule has 212 valence electrons. The number of β-amino-alcohol motifs (C(OH)–C–C–N with tert-alkyl or cyclic N) is 1. The number of hydrogen-bond acceptors (Lipinski definition) is 8. The number of carboxylic acid groups (broad SMARTS) is 1. The lowest BCUT2D eigenvalue weighted by Gasteiger charge is -2.36. The van der Waals surface area contributed by atoms with Crippen molar-refractivity contribution in [2.24, 2.45) is 0 Å². The van der Waals surface area contributed by atoms with Gasteiger partial charge in [0.1, 0.15) is 11.4 Å². The number of likely N-dealkylation sites (tertiary alicyclic amines) is 1. The van der Waals surface area contributed by atoms with Crippen LogP contribution >= 0.6 is 11.6 Å². The molecule has 0 spiro atoms. The van der Waals surface area contributed by atoms with Crippen molar-refractivity contribution in [2.45, 2.75) is 19.1 Å². The standard InChI is InChI=1S/C29H28ClFN6O4/c30-24-25-21(14-23(31)26(24)35-10-12-36(13-11-35)29-32-7-1-8-33-29)27(39)22(28(40)41)17-37(25)19-4-2-18(3-5-19)15-34-9-6-20(38)16-34/h1-5,7-8,14,17,20,38H,6,9-13,15-16H2,(H,40,41)/t20-/m0/s1. The number of aromatic carboxylic acids is 1. The molecule has 41 heavy (non-hydrogen) atoms. The van der Waals surface area contributed by atoms with E-state index in [1.54, 1.807) is 23.0 Å². The summed E-state index contributed by atoms with van der Waals surface area (Å²) < 4.78 is 17.2. The van der Waals surface area contributed by atoms with Crippen molar-refractivity contribution < 1.29 is 19.4 Å². The van der Waals surface area contributed by atoms with Crippen molar-refractivity contribution in [3.05, 3.63) is 87.2 Å². The Morgan fingerprint density at radius 2 is 1.73 bits per heavy atom. The number of carbonyl (C=O) groups is 1. The van der Waals surface area contributed by atoms with Crippen LogP contribution in [0.2, 0.25) is 5.02 Å². The topological polar surface area (TPSA) is 115 Å². The molecule has 6 rings (SSSR count). The number of aliphatic hydroxyl groups excluding tert-OH is 1. The van der Waals surface area contributed by atoms with E-state index in [1.807, 2.05) is 34.1 Å². The zero-order valence-corrected chi connectivity index (χ0v) is 22.8. The molecule has 4 aromatic rings. The number of anilines is 2. The van der Waals surface area contributed by atoms with Gasteiger partial charge in [-0.25, -0.2) is 19.2 Å². The molecule has 12 heteroatoms. The summed E-state index contributed by atoms with van der Waals surface area (Å²) in [5.74, 6) is -1.51. The van der Waals surface area contributed by atoms with Crippen LogP contribution in [-0.4, -0.2) is 81.0 Å². The van der Waals surface area contributed by atoms with Gasteiger partial charge in [0.25, 0.3) is 0 Å². The molecular formula is C29H28ClFN6O4. The largest absolute Gasteiger partial charge is 0.477 e. The minimum Gasteiger partial charge on any atom is -0.477 e. The maximum Gasteiger partial charge on any atom is 0.341 e. The summed E-state index contributed by atoms with van der Waals surface area (Å²) in [6.45, 7) is 4.06. The summed E-state index contributed by atoms with van der Waals surface area (Å²) in [7, 11) is 0. The Kier molecular flexibility index (Phi) is 7.33. The highest BCUT2D eigenvalue weighted by atomic mass is 35.5. The summed E-state index contributed by atoms with van der Waals surface area (Å²) in [5.41, 5.74) is 0.715. The number of piperazine rings is 1. The highest BCUT2D eigenvalue weighted by Gasteiger charge is 2.27. The molecular weight excluding hydrogens is 551 g/mol. The number of aliphatic hydroxyl groups is 1. The lowest BCUT2D eigenvalue weighted by atomic mass is 10.1. The second-order valence-corrected chi connectivity index (χ2v) is 10.7. The van der Waals surface area contributed by atoms with Gasteiger partial charge in [-0.3, -0.25) is 9.69 Å². The van der Waals surface area contributed by atoms with E-state index in [9.17, 15) is 19.8 Å². The number of hydrogen-bond donors (Lipinski definition) is 2. The monoisotopic (exact) mass is 578 g/mol. The molecule has 2 fully saturated rings. The normalized spacial score (nSPS) is 17.9. The van der Waals surface area contributed by atoms with E-state index in [0.29, 0.717) is 50.9 Å². The van der Waals surface area contributed by atoms with Crippen LogP contribution in [0.25, 0.3) is 16.6 Å². The van der Waals surface area contributed by atoms with Crippen molar-refractivity contribution in [1.29, 1.82) is 0 Å². The van der Waals surface area contributed by atoms with Gasteiger partial charge in [-0.1, -0.05) is 23.7 Å². The van der Waals surface area contributed by atoms with Crippen LogP contribution in [0, 0.1) is 5.82 Å². The lowest BCUT2D eigenvalue weighted by molar-refractivity contribution is 0.0695. The molecule has 2 aliphatic rings. The number of aromatic nitrogens is 3. The third-order valence-electron chi connectivity index (χ3n) is 7.69. The Balaban J connectivity index is 1.38. The van der Waals surface area contributed by atoms with Crippen LogP contribution in [0.3, 0.4) is 0 Å². The Labute approximate surface area is 239 Å². The molecule has 2 N–H and O–H groups in total.